The fourth-order valence-electron chi connectivity index (χ4n) is 3.83. The van der Waals surface area contributed by atoms with Crippen molar-refractivity contribution < 1.29 is 16.8 Å². The van der Waals surface area contributed by atoms with E-state index in [1.807, 2.05) is 0 Å². The topological polar surface area (TPSA) is 12.0 Å². The summed E-state index contributed by atoms with van der Waals surface area (Å²) in [5.74, 6) is 0. The van der Waals surface area contributed by atoms with Crippen molar-refractivity contribution >= 4 is 33.2 Å². The van der Waals surface area contributed by atoms with Crippen LogP contribution in [0.2, 0.25) is 49.7 Å². The Bertz CT molecular complexity index is 751. The summed E-state index contributed by atoms with van der Waals surface area (Å²) in [7, 11) is -2.39. The molecule has 0 aliphatic heterocycles. The van der Waals surface area contributed by atoms with Crippen LogP contribution in [0.3, 0.4) is 0 Å². The Morgan fingerprint density at radius 1 is 0.900 bits per heavy atom. The molecule has 0 saturated carbocycles. The van der Waals surface area contributed by atoms with Crippen LogP contribution in [-0.4, -0.2) is 32.7 Å². The van der Waals surface area contributed by atoms with Gasteiger partial charge in [0.05, 0.1) is 16.1 Å². The van der Waals surface area contributed by atoms with E-state index in [9.17, 15) is 0 Å². The first-order valence-electron chi connectivity index (χ1n) is 10.8. The molecule has 5 heteroatoms. The maximum Gasteiger partial charge on any atom is -0.0149 e. The third kappa shape index (κ3) is 8.72. The van der Waals surface area contributed by atoms with Crippen molar-refractivity contribution in [3.05, 3.63) is 65.0 Å². The largest absolute Gasteiger partial charge is 0.0149 e. The van der Waals surface area contributed by atoms with Gasteiger partial charge in [-0.15, -0.1) is 0 Å². The van der Waals surface area contributed by atoms with Crippen LogP contribution in [0.5, 0.6) is 0 Å². The second kappa shape index (κ2) is 10.6. The molecule has 2 rings (SSSR count). The third-order valence-corrected chi connectivity index (χ3v) is 15.3. The van der Waals surface area contributed by atoms with Gasteiger partial charge in [-0.2, -0.15) is 0 Å². The van der Waals surface area contributed by atoms with Crippen LogP contribution < -0.4 is 3.80 Å². The number of benzene rings is 1. The molecule has 1 unspecified atom stereocenters. The van der Waals surface area contributed by atoms with E-state index >= 15 is 0 Å². The Kier molecular flexibility index (Phi) is 10.5. The number of allylic oxidation sites excluding steroid dienone is 3. The smallest absolute Gasteiger partial charge is 0.0149 e. The summed E-state index contributed by atoms with van der Waals surface area (Å²) < 4.78 is 4.56. The fraction of sp³-hybridized carbons (Fsp3) is 0.520. The Morgan fingerprint density at radius 3 is 1.73 bits per heavy atom. The van der Waals surface area contributed by atoms with Gasteiger partial charge in [-0.1, -0.05) is 62.8 Å². The van der Waals surface area contributed by atoms with Gasteiger partial charge in [0, 0.05) is 0 Å². The number of hydrogen-bond donors (Lipinski definition) is 1. The van der Waals surface area contributed by atoms with Crippen LogP contribution in [0.15, 0.2) is 53.9 Å². The van der Waals surface area contributed by atoms with Crippen molar-refractivity contribution in [3.8, 4) is 0 Å². The van der Waals surface area contributed by atoms with Crippen molar-refractivity contribution in [2.45, 2.75) is 80.3 Å². The van der Waals surface area contributed by atoms with Crippen molar-refractivity contribution in [3.63, 3.8) is 0 Å². The Hall–Kier alpha value is -0.235. The van der Waals surface area contributed by atoms with Gasteiger partial charge in [-0.25, -0.2) is 0 Å². The summed E-state index contributed by atoms with van der Waals surface area (Å²) in [6, 6.07) is 8.80. The summed E-state index contributed by atoms with van der Waals surface area (Å²) >= 11 is -2.04. The van der Waals surface area contributed by atoms with E-state index in [0.717, 1.165) is 0 Å². The molecule has 170 valence electrons. The molecule has 0 aromatic heterocycles. The van der Waals surface area contributed by atoms with E-state index in [2.05, 4.69) is 124 Å². The molecule has 0 spiro atoms. The van der Waals surface area contributed by atoms with E-state index in [0.29, 0.717) is 4.22 Å². The first-order chi connectivity index (χ1) is 12.9. The molecule has 0 fully saturated rings. The normalized spacial score (nSPS) is 16.2. The minimum atomic E-state index is -2.04. The Labute approximate surface area is 198 Å². The molecule has 0 radical (unpaired) electrons. The standard InChI is InChI=1S/C10H22Si2.C9H7.C4H10N.2CH3.H4Si.Ti/c1-9(11(3,4)5)10(2)12(6,7)8;1-2-5-9-7-3-6-8(9)4-1;1-4(2,3)5;;;;/h1-2H2,3-8H3;1-7H;5H,1-3H3;2*1H3;1H4;/q;;-1;;;;+1. The first kappa shape index (κ1) is 29.8. The summed E-state index contributed by atoms with van der Waals surface area (Å²) in [6.45, 7) is 29.2. The summed E-state index contributed by atoms with van der Waals surface area (Å²) in [5, 5.41) is 7.67. The Balaban J connectivity index is 0.000000579. The van der Waals surface area contributed by atoms with E-state index < -0.39 is 33.0 Å². The zero-order chi connectivity index (χ0) is 22.8. The van der Waals surface area contributed by atoms with Gasteiger partial charge >= 0.3 is 109 Å². The molecular weight excluding hydrogens is 446 g/mol. The van der Waals surface area contributed by atoms with E-state index in [1.54, 1.807) is 0 Å². The van der Waals surface area contributed by atoms with Gasteiger partial charge in [0.1, 0.15) is 0 Å². The van der Waals surface area contributed by atoms with Gasteiger partial charge in [0.15, 0.2) is 0 Å². The second-order valence-electron chi connectivity index (χ2n) is 12.0. The molecule has 0 heterocycles. The second-order valence-corrected chi connectivity index (χ2v) is 29.0. The van der Waals surface area contributed by atoms with E-state index in [1.165, 1.54) is 21.5 Å². The minimum absolute atomic E-state index is 0. The zero-order valence-electron chi connectivity index (χ0n) is 21.0. The molecule has 1 aliphatic rings. The number of rotatable bonds is 5. The molecule has 1 aromatic carbocycles. The third-order valence-electron chi connectivity index (χ3n) is 5.45. The van der Waals surface area contributed by atoms with Crippen LogP contribution >= 0.6 is 0 Å². The monoisotopic (exact) mass is 495 g/mol. The molecule has 1 N–H and O–H groups in total. The molecule has 1 aliphatic carbocycles. The van der Waals surface area contributed by atoms with Crippen LogP contribution in [0, 0.1) is 0 Å². The quantitative estimate of drug-likeness (QED) is 0.354. The molecule has 0 bridgehead atoms. The molecule has 1 aromatic rings. The molecule has 0 saturated heterocycles. The van der Waals surface area contributed by atoms with Crippen LogP contribution in [0.4, 0.5) is 0 Å². The SMILES string of the molecule is C=C(C(=C)[Si](C)(C)C)[Si](C)(C)C.CC(C)(C)[NH][Ti]([CH3])([CH3])[CH]1C=Cc2ccccc21.[SiH4]. The molecule has 30 heavy (non-hydrogen) atoms. The molecule has 0 amide bonds. The minimum Gasteiger partial charge on any atom is -0.0149 e. The van der Waals surface area contributed by atoms with Crippen LogP contribution in [-0.2, 0) is 16.8 Å². The predicted molar refractivity (Wildman–Crippen MR) is 149 cm³/mol. The summed E-state index contributed by atoms with van der Waals surface area (Å²) in [4.78, 5) is 0. The maximum absolute atomic E-state index is 4.19. The van der Waals surface area contributed by atoms with Gasteiger partial charge < -0.3 is 0 Å². The summed E-state index contributed by atoms with van der Waals surface area (Å²) in [5.41, 5.74) is 3.15. The number of fused-ring (bicyclic) bond motifs is 1. The van der Waals surface area contributed by atoms with Crippen molar-refractivity contribution in [2.24, 2.45) is 0 Å². The summed E-state index contributed by atoms with van der Waals surface area (Å²) in [6.07, 6.45) is 4.70. The maximum atomic E-state index is 4.19. The van der Waals surface area contributed by atoms with Crippen LogP contribution in [0.25, 0.3) is 6.08 Å². The predicted octanol–water partition coefficient (Wildman–Crippen LogP) is 6.71. The molecule has 1 atom stereocenters. The van der Waals surface area contributed by atoms with Gasteiger partial charge in [0.25, 0.3) is 0 Å². The van der Waals surface area contributed by atoms with E-state index in [-0.39, 0.29) is 16.5 Å². The average Bonchev–Trinajstić information content (AvgIpc) is 2.95. The van der Waals surface area contributed by atoms with Gasteiger partial charge in [-0.3, -0.25) is 0 Å². The van der Waals surface area contributed by atoms with Crippen molar-refractivity contribution in [2.75, 3.05) is 0 Å². The molecule has 1 nitrogen and oxygen atoms in total. The average molecular weight is 496 g/mol. The number of hydrogen-bond acceptors (Lipinski definition) is 1. The van der Waals surface area contributed by atoms with Gasteiger partial charge in [-0.05, 0) is 11.0 Å². The Morgan fingerprint density at radius 2 is 1.33 bits per heavy atom. The van der Waals surface area contributed by atoms with Crippen molar-refractivity contribution in [1.29, 1.82) is 0 Å². The van der Waals surface area contributed by atoms with Gasteiger partial charge in [0.2, 0.25) is 0 Å². The van der Waals surface area contributed by atoms with Crippen molar-refractivity contribution in [1.82, 2.24) is 3.80 Å². The number of nitrogens with one attached hydrogen (secondary N) is 1. The fourth-order valence-corrected chi connectivity index (χ4v) is 13.7. The van der Waals surface area contributed by atoms with E-state index in [4.69, 9.17) is 0 Å². The first-order valence-corrected chi connectivity index (χ1v) is 22.6. The van der Waals surface area contributed by atoms with Crippen LogP contribution in [0.1, 0.15) is 36.1 Å². The molecular formula is C25H49NSi3Ti. The zero-order valence-corrected chi connectivity index (χ0v) is 24.5.